The van der Waals surface area contributed by atoms with Gasteiger partial charge in [0.2, 0.25) is 5.91 Å². The maximum atomic E-state index is 12.1. The number of imidazole rings is 1. The highest BCUT2D eigenvalue weighted by Crippen LogP contribution is 2.21. The molecule has 4 heteroatoms. The first-order chi connectivity index (χ1) is 10.6. The predicted octanol–water partition coefficient (Wildman–Crippen LogP) is 2.47. The van der Waals surface area contributed by atoms with E-state index in [-0.39, 0.29) is 5.91 Å². The van der Waals surface area contributed by atoms with Crippen LogP contribution in [-0.4, -0.2) is 15.5 Å². The summed E-state index contributed by atoms with van der Waals surface area (Å²) in [5, 5.41) is 2.99. The number of carbonyl (C=O) groups excluding carboxylic acids is 1. The molecular formula is C18H23N3O. The van der Waals surface area contributed by atoms with Gasteiger partial charge in [0.05, 0.1) is 18.7 Å². The molecule has 0 radical (unpaired) electrons. The zero-order valence-corrected chi connectivity index (χ0v) is 13.4. The van der Waals surface area contributed by atoms with Crippen LogP contribution in [0.4, 0.5) is 0 Å². The molecule has 1 aromatic heterocycles. The molecule has 0 aliphatic heterocycles. The molecule has 2 aromatic rings. The van der Waals surface area contributed by atoms with Gasteiger partial charge in [-0.15, -0.1) is 0 Å². The molecule has 0 saturated heterocycles. The largest absolute Gasteiger partial charge is 0.349 e. The second-order valence-corrected chi connectivity index (χ2v) is 6.13. The summed E-state index contributed by atoms with van der Waals surface area (Å²) in [6, 6.07) is 8.09. The van der Waals surface area contributed by atoms with Gasteiger partial charge in [-0.05, 0) is 38.2 Å². The van der Waals surface area contributed by atoms with E-state index in [1.807, 2.05) is 31.2 Å². The lowest BCUT2D eigenvalue weighted by atomic mass is 10.0. The number of benzene rings is 1. The number of hydrogen-bond donors (Lipinski definition) is 1. The Bertz CT molecular complexity index is 670. The number of carbonyl (C=O) groups is 1. The Morgan fingerprint density at radius 3 is 2.68 bits per heavy atom. The first-order valence-corrected chi connectivity index (χ1v) is 7.99. The summed E-state index contributed by atoms with van der Waals surface area (Å²) in [6.07, 6.45) is 5.07. The Morgan fingerprint density at radius 1 is 1.23 bits per heavy atom. The Kier molecular flexibility index (Phi) is 4.27. The van der Waals surface area contributed by atoms with Crippen molar-refractivity contribution in [3.05, 3.63) is 52.6 Å². The Balaban J connectivity index is 1.59. The zero-order chi connectivity index (χ0) is 15.5. The van der Waals surface area contributed by atoms with E-state index in [1.165, 1.54) is 29.8 Å². The molecule has 22 heavy (non-hydrogen) atoms. The van der Waals surface area contributed by atoms with Crippen LogP contribution in [0.1, 0.15) is 41.2 Å². The van der Waals surface area contributed by atoms with Gasteiger partial charge in [-0.1, -0.05) is 29.8 Å². The maximum absolute atomic E-state index is 12.1. The van der Waals surface area contributed by atoms with Crippen LogP contribution in [0.2, 0.25) is 0 Å². The number of rotatable bonds is 4. The lowest BCUT2D eigenvalue weighted by Crippen LogP contribution is -2.26. The third kappa shape index (κ3) is 3.21. The topological polar surface area (TPSA) is 46.9 Å². The minimum absolute atomic E-state index is 0.0461. The number of nitrogens with one attached hydrogen (secondary N) is 1. The molecule has 1 aromatic carbocycles. The first-order valence-electron chi connectivity index (χ1n) is 7.99. The summed E-state index contributed by atoms with van der Waals surface area (Å²) in [7, 11) is 2.05. The predicted molar refractivity (Wildman–Crippen MR) is 86.6 cm³/mol. The number of nitrogens with zero attached hydrogens (tertiary/aromatic N) is 2. The molecular weight excluding hydrogens is 274 g/mol. The lowest BCUT2D eigenvalue weighted by molar-refractivity contribution is -0.120. The van der Waals surface area contributed by atoms with Gasteiger partial charge in [-0.3, -0.25) is 4.79 Å². The quantitative estimate of drug-likeness (QED) is 0.942. The number of aromatic nitrogens is 2. The summed E-state index contributed by atoms with van der Waals surface area (Å²) < 4.78 is 2.15. The van der Waals surface area contributed by atoms with Gasteiger partial charge in [0.25, 0.3) is 0 Å². The molecule has 0 saturated carbocycles. The molecule has 1 aliphatic rings. The first kappa shape index (κ1) is 14.8. The van der Waals surface area contributed by atoms with Crippen molar-refractivity contribution in [1.29, 1.82) is 0 Å². The van der Waals surface area contributed by atoms with Crippen molar-refractivity contribution in [2.45, 2.75) is 45.6 Å². The fourth-order valence-electron chi connectivity index (χ4n) is 3.03. The lowest BCUT2D eigenvalue weighted by Gasteiger charge is -2.11. The average Bonchev–Trinajstić information content (AvgIpc) is 2.84. The van der Waals surface area contributed by atoms with Crippen LogP contribution in [-0.2, 0) is 37.6 Å². The van der Waals surface area contributed by atoms with E-state index in [4.69, 9.17) is 0 Å². The van der Waals surface area contributed by atoms with Gasteiger partial charge in [-0.2, -0.15) is 0 Å². The van der Waals surface area contributed by atoms with Crippen molar-refractivity contribution >= 4 is 5.91 Å². The number of amides is 1. The molecule has 1 amide bonds. The van der Waals surface area contributed by atoms with Crippen molar-refractivity contribution in [2.75, 3.05) is 0 Å². The number of hydrogen-bond acceptors (Lipinski definition) is 2. The smallest absolute Gasteiger partial charge is 0.224 e. The van der Waals surface area contributed by atoms with Crippen LogP contribution in [0.15, 0.2) is 24.3 Å². The van der Waals surface area contributed by atoms with Crippen molar-refractivity contribution in [1.82, 2.24) is 14.9 Å². The fraction of sp³-hybridized carbons (Fsp3) is 0.444. The minimum atomic E-state index is 0.0461. The molecule has 3 rings (SSSR count). The van der Waals surface area contributed by atoms with Crippen LogP contribution >= 0.6 is 0 Å². The van der Waals surface area contributed by atoms with Gasteiger partial charge in [-0.25, -0.2) is 4.98 Å². The van der Waals surface area contributed by atoms with Crippen molar-refractivity contribution in [2.24, 2.45) is 7.05 Å². The van der Waals surface area contributed by atoms with Crippen molar-refractivity contribution in [3.8, 4) is 0 Å². The van der Waals surface area contributed by atoms with E-state index in [0.29, 0.717) is 13.0 Å². The number of aryl methyl sites for hydroxylation is 2. The third-order valence-electron chi connectivity index (χ3n) is 4.40. The van der Waals surface area contributed by atoms with E-state index in [0.717, 1.165) is 24.2 Å². The van der Waals surface area contributed by atoms with Crippen LogP contribution < -0.4 is 5.32 Å². The maximum Gasteiger partial charge on any atom is 0.224 e. The Labute approximate surface area is 131 Å². The zero-order valence-electron chi connectivity index (χ0n) is 13.4. The number of fused-ring (bicyclic) bond motifs is 1. The standard InChI is InChI=1S/C18H23N3O/c1-13-7-9-14(10-8-13)11-18(22)19-12-17-20-15-5-3-4-6-16(15)21(17)2/h7-10H,3-6,11-12H2,1-2H3,(H,19,22). The summed E-state index contributed by atoms with van der Waals surface area (Å²) in [5.74, 6) is 1.01. The SMILES string of the molecule is Cc1ccc(CC(=O)NCc2nc3c(n2C)CCCC3)cc1. The van der Waals surface area contributed by atoms with Gasteiger partial charge in [0.15, 0.2) is 0 Å². The van der Waals surface area contributed by atoms with Crippen LogP contribution in [0.5, 0.6) is 0 Å². The fourth-order valence-corrected chi connectivity index (χ4v) is 3.03. The van der Waals surface area contributed by atoms with E-state index in [9.17, 15) is 4.79 Å². The Hall–Kier alpha value is -2.10. The van der Waals surface area contributed by atoms with E-state index < -0.39 is 0 Å². The molecule has 1 aliphatic carbocycles. The minimum Gasteiger partial charge on any atom is -0.349 e. The molecule has 1 N–H and O–H groups in total. The van der Waals surface area contributed by atoms with E-state index in [2.05, 4.69) is 21.9 Å². The van der Waals surface area contributed by atoms with Crippen LogP contribution in [0.3, 0.4) is 0 Å². The molecule has 0 atom stereocenters. The summed E-state index contributed by atoms with van der Waals surface area (Å²) >= 11 is 0. The van der Waals surface area contributed by atoms with E-state index in [1.54, 1.807) is 0 Å². The molecule has 0 spiro atoms. The molecule has 116 valence electrons. The molecule has 4 nitrogen and oxygen atoms in total. The summed E-state index contributed by atoms with van der Waals surface area (Å²) in [5.41, 5.74) is 4.82. The van der Waals surface area contributed by atoms with E-state index >= 15 is 0 Å². The van der Waals surface area contributed by atoms with Gasteiger partial charge >= 0.3 is 0 Å². The molecule has 0 unspecified atom stereocenters. The molecule has 1 heterocycles. The molecule has 0 bridgehead atoms. The van der Waals surface area contributed by atoms with Crippen LogP contribution in [0, 0.1) is 6.92 Å². The normalized spacial score (nSPS) is 13.7. The summed E-state index contributed by atoms with van der Waals surface area (Å²) in [4.78, 5) is 16.8. The third-order valence-corrected chi connectivity index (χ3v) is 4.40. The second kappa shape index (κ2) is 6.34. The molecule has 0 fully saturated rings. The Morgan fingerprint density at radius 2 is 1.95 bits per heavy atom. The second-order valence-electron chi connectivity index (χ2n) is 6.13. The highest BCUT2D eigenvalue weighted by Gasteiger charge is 2.17. The van der Waals surface area contributed by atoms with Crippen LogP contribution in [0.25, 0.3) is 0 Å². The van der Waals surface area contributed by atoms with Gasteiger partial charge in [0.1, 0.15) is 5.82 Å². The van der Waals surface area contributed by atoms with Crippen molar-refractivity contribution < 1.29 is 4.79 Å². The highest BCUT2D eigenvalue weighted by molar-refractivity contribution is 5.78. The van der Waals surface area contributed by atoms with Gasteiger partial charge in [0, 0.05) is 12.7 Å². The van der Waals surface area contributed by atoms with Crippen molar-refractivity contribution in [3.63, 3.8) is 0 Å². The van der Waals surface area contributed by atoms with Gasteiger partial charge < -0.3 is 9.88 Å². The average molecular weight is 297 g/mol. The highest BCUT2D eigenvalue weighted by atomic mass is 16.1. The monoisotopic (exact) mass is 297 g/mol. The summed E-state index contributed by atoms with van der Waals surface area (Å²) in [6.45, 7) is 2.56.